The number of Topliss-reactive ketones (excluding diaryl/α,β-unsaturated/α-hetero) is 2. The zero-order valence-corrected chi connectivity index (χ0v) is 14.8. The van der Waals surface area contributed by atoms with Crippen molar-refractivity contribution < 1.29 is 9.59 Å². The molecule has 0 heterocycles. The van der Waals surface area contributed by atoms with Crippen LogP contribution >= 0.6 is 0 Å². The van der Waals surface area contributed by atoms with Crippen LogP contribution in [0.1, 0.15) is 79.1 Å². The van der Waals surface area contributed by atoms with Gasteiger partial charge >= 0.3 is 0 Å². The van der Waals surface area contributed by atoms with Crippen molar-refractivity contribution in [3.63, 3.8) is 0 Å². The molecule has 0 radical (unpaired) electrons. The third kappa shape index (κ3) is 2.29. The first-order valence-electron chi connectivity index (χ1n) is 9.34. The van der Waals surface area contributed by atoms with Gasteiger partial charge in [0, 0.05) is 18.3 Å². The highest BCUT2D eigenvalue weighted by Gasteiger charge is 2.56. The fourth-order valence-corrected chi connectivity index (χ4v) is 6.58. The minimum absolute atomic E-state index is 0.103. The lowest BCUT2D eigenvalue weighted by atomic mass is 9.45. The van der Waals surface area contributed by atoms with Gasteiger partial charge in [-0.05, 0) is 68.1 Å². The monoisotopic (exact) mass is 304 g/mol. The molecule has 0 aromatic rings. The molecular formula is C20H32O2. The Morgan fingerprint density at radius 3 is 2.45 bits per heavy atom. The van der Waals surface area contributed by atoms with Gasteiger partial charge in [0.1, 0.15) is 11.6 Å². The first-order valence-corrected chi connectivity index (χ1v) is 9.34. The summed E-state index contributed by atoms with van der Waals surface area (Å²) in [5.74, 6) is 3.60. The van der Waals surface area contributed by atoms with E-state index < -0.39 is 0 Å². The number of hydrogen-bond acceptors (Lipinski definition) is 2. The van der Waals surface area contributed by atoms with Gasteiger partial charge in [0.15, 0.2) is 0 Å². The average Bonchev–Trinajstić information content (AvgIpc) is 2.45. The number of carbonyl (C=O) groups excluding carboxylic acids is 2. The Hall–Kier alpha value is -0.660. The van der Waals surface area contributed by atoms with Crippen LogP contribution in [0.15, 0.2) is 0 Å². The molecule has 0 N–H and O–H groups in total. The Labute approximate surface area is 135 Å². The second kappa shape index (κ2) is 5.46. The van der Waals surface area contributed by atoms with E-state index >= 15 is 0 Å². The maximum absolute atomic E-state index is 12.3. The molecule has 3 fully saturated rings. The third-order valence-electron chi connectivity index (χ3n) is 7.92. The molecule has 0 aromatic heterocycles. The second-order valence-electron chi connectivity index (χ2n) is 8.91. The number of carbonyl (C=O) groups is 2. The maximum atomic E-state index is 12.3. The number of rotatable bonds is 2. The SMILES string of the molecule is CCC1C2CCC3(C)CC(=O)CCC3C2CCC1(C)C(C)=O. The summed E-state index contributed by atoms with van der Waals surface area (Å²) in [5, 5.41) is 0. The van der Waals surface area contributed by atoms with E-state index in [1.807, 2.05) is 0 Å². The van der Waals surface area contributed by atoms with E-state index in [0.29, 0.717) is 23.4 Å². The average molecular weight is 304 g/mol. The molecule has 0 bridgehead atoms. The highest BCUT2D eigenvalue weighted by atomic mass is 16.1. The van der Waals surface area contributed by atoms with Crippen molar-refractivity contribution in [3.05, 3.63) is 0 Å². The van der Waals surface area contributed by atoms with Crippen LogP contribution in [0, 0.1) is 34.5 Å². The minimum Gasteiger partial charge on any atom is -0.300 e. The molecule has 0 aromatic carbocycles. The van der Waals surface area contributed by atoms with Crippen molar-refractivity contribution in [2.24, 2.45) is 34.5 Å². The molecule has 6 atom stereocenters. The molecule has 6 unspecified atom stereocenters. The summed E-state index contributed by atoms with van der Waals surface area (Å²) >= 11 is 0. The van der Waals surface area contributed by atoms with Crippen molar-refractivity contribution in [2.45, 2.75) is 79.1 Å². The van der Waals surface area contributed by atoms with Gasteiger partial charge in [0.05, 0.1) is 0 Å². The highest BCUT2D eigenvalue weighted by molar-refractivity contribution is 5.82. The van der Waals surface area contributed by atoms with Gasteiger partial charge in [-0.3, -0.25) is 9.59 Å². The van der Waals surface area contributed by atoms with E-state index in [1.54, 1.807) is 6.92 Å². The summed E-state index contributed by atoms with van der Waals surface area (Å²) in [7, 11) is 0. The van der Waals surface area contributed by atoms with E-state index in [4.69, 9.17) is 0 Å². The first kappa shape index (κ1) is 16.2. The van der Waals surface area contributed by atoms with Crippen molar-refractivity contribution in [1.82, 2.24) is 0 Å². The van der Waals surface area contributed by atoms with Gasteiger partial charge in [-0.15, -0.1) is 0 Å². The lowest BCUT2D eigenvalue weighted by Crippen LogP contribution is -2.53. The quantitative estimate of drug-likeness (QED) is 0.734. The molecule has 3 aliphatic carbocycles. The van der Waals surface area contributed by atoms with Gasteiger partial charge in [0.2, 0.25) is 0 Å². The second-order valence-corrected chi connectivity index (χ2v) is 8.91. The maximum Gasteiger partial charge on any atom is 0.135 e. The van der Waals surface area contributed by atoms with Crippen LogP contribution < -0.4 is 0 Å². The molecular weight excluding hydrogens is 272 g/mol. The van der Waals surface area contributed by atoms with Gasteiger partial charge in [-0.2, -0.15) is 0 Å². The van der Waals surface area contributed by atoms with E-state index in [-0.39, 0.29) is 10.8 Å². The molecule has 124 valence electrons. The van der Waals surface area contributed by atoms with E-state index in [9.17, 15) is 9.59 Å². The molecule has 0 saturated heterocycles. The summed E-state index contributed by atoms with van der Waals surface area (Å²) in [6.45, 7) is 8.66. The summed E-state index contributed by atoms with van der Waals surface area (Å²) < 4.78 is 0. The molecule has 3 rings (SSSR count). The van der Waals surface area contributed by atoms with Crippen LogP contribution in [0.2, 0.25) is 0 Å². The van der Waals surface area contributed by atoms with Crippen LogP contribution in [-0.4, -0.2) is 11.6 Å². The predicted molar refractivity (Wildman–Crippen MR) is 88.5 cm³/mol. The topological polar surface area (TPSA) is 34.1 Å². The molecule has 2 nitrogen and oxygen atoms in total. The Morgan fingerprint density at radius 1 is 1.14 bits per heavy atom. The van der Waals surface area contributed by atoms with Crippen molar-refractivity contribution in [1.29, 1.82) is 0 Å². The Balaban J connectivity index is 1.88. The molecule has 2 heteroatoms. The van der Waals surface area contributed by atoms with Crippen molar-refractivity contribution >= 4 is 11.6 Å². The predicted octanol–water partition coefficient (Wildman–Crippen LogP) is 4.80. The van der Waals surface area contributed by atoms with Crippen LogP contribution in [0.3, 0.4) is 0 Å². The fraction of sp³-hybridized carbons (Fsp3) is 0.900. The normalized spacial score (nSPS) is 48.5. The molecule has 3 aliphatic rings. The molecule has 0 aliphatic heterocycles. The minimum atomic E-state index is -0.103. The Bertz CT molecular complexity index is 482. The smallest absolute Gasteiger partial charge is 0.135 e. The Morgan fingerprint density at radius 2 is 1.82 bits per heavy atom. The van der Waals surface area contributed by atoms with E-state index in [1.165, 1.54) is 19.3 Å². The Kier molecular flexibility index (Phi) is 4.02. The zero-order chi connectivity index (χ0) is 16.1. The largest absolute Gasteiger partial charge is 0.300 e. The van der Waals surface area contributed by atoms with Crippen molar-refractivity contribution in [3.8, 4) is 0 Å². The zero-order valence-electron chi connectivity index (χ0n) is 14.8. The van der Waals surface area contributed by atoms with Gasteiger partial charge in [-0.1, -0.05) is 27.2 Å². The van der Waals surface area contributed by atoms with Crippen LogP contribution in [0.5, 0.6) is 0 Å². The van der Waals surface area contributed by atoms with Crippen LogP contribution in [0.25, 0.3) is 0 Å². The van der Waals surface area contributed by atoms with Crippen LogP contribution in [-0.2, 0) is 9.59 Å². The number of fused-ring (bicyclic) bond motifs is 3. The molecule has 22 heavy (non-hydrogen) atoms. The first-order chi connectivity index (χ1) is 10.3. The highest BCUT2D eigenvalue weighted by Crippen LogP contribution is 2.62. The van der Waals surface area contributed by atoms with Gasteiger partial charge < -0.3 is 0 Å². The molecule has 3 saturated carbocycles. The summed E-state index contributed by atoms with van der Waals surface area (Å²) in [5.41, 5.74) is 0.146. The van der Waals surface area contributed by atoms with E-state index in [0.717, 1.165) is 43.9 Å². The standard InChI is InChI=1S/C20H32O2/c1-5-17-15-8-10-19(3)12-14(22)6-7-18(19)16(15)9-11-20(17,4)13(2)21/h15-18H,5-12H2,1-4H3. The van der Waals surface area contributed by atoms with Gasteiger partial charge in [0.25, 0.3) is 0 Å². The molecule has 0 spiro atoms. The summed E-state index contributed by atoms with van der Waals surface area (Å²) in [6, 6.07) is 0. The number of ketones is 2. The van der Waals surface area contributed by atoms with Gasteiger partial charge in [-0.25, -0.2) is 0 Å². The summed E-state index contributed by atoms with van der Waals surface area (Å²) in [6.07, 6.45) is 8.50. The van der Waals surface area contributed by atoms with Crippen LogP contribution in [0.4, 0.5) is 0 Å². The number of hydrogen-bond donors (Lipinski definition) is 0. The van der Waals surface area contributed by atoms with Crippen molar-refractivity contribution in [2.75, 3.05) is 0 Å². The molecule has 0 amide bonds. The lowest BCUT2D eigenvalue weighted by molar-refractivity contribution is -0.146. The fourth-order valence-electron chi connectivity index (χ4n) is 6.58. The van der Waals surface area contributed by atoms with E-state index in [2.05, 4.69) is 20.8 Å². The lowest BCUT2D eigenvalue weighted by Gasteiger charge is -2.59. The third-order valence-corrected chi connectivity index (χ3v) is 7.92. The summed E-state index contributed by atoms with van der Waals surface area (Å²) in [4.78, 5) is 24.3.